The summed E-state index contributed by atoms with van der Waals surface area (Å²) in [4.78, 5) is 12.9. The Balaban J connectivity index is 2.51. The van der Waals surface area contributed by atoms with Crippen LogP contribution in [0, 0.1) is 0 Å². The van der Waals surface area contributed by atoms with Gasteiger partial charge in [0.2, 0.25) is 0 Å². The lowest BCUT2D eigenvalue weighted by Gasteiger charge is -2.07. The molecule has 3 N–H and O–H groups in total. The van der Waals surface area contributed by atoms with Gasteiger partial charge in [-0.05, 0) is 22.0 Å². The summed E-state index contributed by atoms with van der Waals surface area (Å²) in [6.07, 6.45) is 1.68. The van der Waals surface area contributed by atoms with Crippen LogP contribution in [0.3, 0.4) is 0 Å². The normalized spacial score (nSPS) is 12.5. The molecule has 1 aromatic rings. The van der Waals surface area contributed by atoms with E-state index in [1.54, 1.807) is 6.20 Å². The summed E-state index contributed by atoms with van der Waals surface area (Å²) in [6.45, 7) is 0.349. The van der Waals surface area contributed by atoms with Gasteiger partial charge < -0.3 is 9.72 Å². The van der Waals surface area contributed by atoms with Crippen molar-refractivity contribution < 1.29 is 9.53 Å². The summed E-state index contributed by atoms with van der Waals surface area (Å²) >= 11 is 3.32. The van der Waals surface area contributed by atoms with E-state index in [1.165, 1.54) is 0 Å². The molecule has 1 rings (SSSR count). The highest BCUT2D eigenvalue weighted by Crippen LogP contribution is 2.15. The molecule has 0 amide bonds. The van der Waals surface area contributed by atoms with Gasteiger partial charge in [0, 0.05) is 22.8 Å². The predicted molar refractivity (Wildman–Crippen MR) is 47.3 cm³/mol. The minimum Gasteiger partial charge on any atom is -0.449 e. The van der Waals surface area contributed by atoms with Gasteiger partial charge in [-0.15, -0.1) is 0 Å². The second-order valence-corrected chi connectivity index (χ2v) is 3.13. The molecule has 0 fully saturated rings. The van der Waals surface area contributed by atoms with Crippen LogP contribution in [0.15, 0.2) is 16.7 Å². The van der Waals surface area contributed by atoms with E-state index in [-0.39, 0.29) is 0 Å². The van der Waals surface area contributed by atoms with E-state index < -0.39 is 6.23 Å². The van der Waals surface area contributed by atoms with Crippen LogP contribution in [0.5, 0.6) is 0 Å². The molecule has 5 heteroatoms. The van der Waals surface area contributed by atoms with Crippen LogP contribution in [0.25, 0.3) is 0 Å². The SMILES string of the molecule is NC(Cc1[nH]ccc1Br)OC=O. The standard InChI is InChI=1S/C7H9BrN2O2/c8-5-1-2-10-6(5)3-7(9)12-4-11/h1-2,4,7,10H,3,9H2. The van der Waals surface area contributed by atoms with Gasteiger partial charge in [0.1, 0.15) is 0 Å². The van der Waals surface area contributed by atoms with Crippen molar-refractivity contribution in [2.75, 3.05) is 0 Å². The molecule has 0 saturated carbocycles. The molecule has 1 atom stereocenters. The van der Waals surface area contributed by atoms with Gasteiger partial charge in [-0.2, -0.15) is 0 Å². The number of nitrogens with two attached hydrogens (primary N) is 1. The average molecular weight is 233 g/mol. The Morgan fingerprint density at radius 1 is 1.83 bits per heavy atom. The van der Waals surface area contributed by atoms with E-state index in [0.717, 1.165) is 10.2 Å². The van der Waals surface area contributed by atoms with Gasteiger partial charge in [-0.3, -0.25) is 10.5 Å². The molecule has 0 aromatic carbocycles. The fourth-order valence-electron chi connectivity index (χ4n) is 0.862. The number of aromatic nitrogens is 1. The van der Waals surface area contributed by atoms with E-state index in [9.17, 15) is 4.79 Å². The monoisotopic (exact) mass is 232 g/mol. The minimum absolute atomic E-state index is 0.349. The quantitative estimate of drug-likeness (QED) is 0.596. The molecule has 1 unspecified atom stereocenters. The Morgan fingerprint density at radius 2 is 2.58 bits per heavy atom. The van der Waals surface area contributed by atoms with Crippen LogP contribution in [0.4, 0.5) is 0 Å². The number of carbonyl (C=O) groups excluding carboxylic acids is 1. The lowest BCUT2D eigenvalue weighted by atomic mass is 10.3. The van der Waals surface area contributed by atoms with Crippen molar-refractivity contribution in [2.24, 2.45) is 5.73 Å². The number of rotatable bonds is 4. The highest BCUT2D eigenvalue weighted by atomic mass is 79.9. The van der Waals surface area contributed by atoms with Crippen molar-refractivity contribution in [2.45, 2.75) is 12.6 Å². The summed E-state index contributed by atoms with van der Waals surface area (Å²) in [6, 6.07) is 1.86. The first-order valence-electron chi connectivity index (χ1n) is 3.40. The van der Waals surface area contributed by atoms with Crippen molar-refractivity contribution in [3.63, 3.8) is 0 Å². The zero-order chi connectivity index (χ0) is 8.97. The van der Waals surface area contributed by atoms with Crippen molar-refractivity contribution in [1.29, 1.82) is 0 Å². The summed E-state index contributed by atoms with van der Waals surface area (Å²) in [5.74, 6) is 0. The molecule has 1 heterocycles. The first-order valence-corrected chi connectivity index (χ1v) is 4.19. The smallest absolute Gasteiger partial charge is 0.294 e. The fraction of sp³-hybridized carbons (Fsp3) is 0.286. The minimum atomic E-state index is -0.586. The van der Waals surface area contributed by atoms with Crippen molar-refractivity contribution in [1.82, 2.24) is 4.98 Å². The van der Waals surface area contributed by atoms with Gasteiger partial charge in [-0.25, -0.2) is 0 Å². The van der Waals surface area contributed by atoms with Gasteiger partial charge in [0.25, 0.3) is 6.47 Å². The van der Waals surface area contributed by atoms with E-state index in [4.69, 9.17) is 5.73 Å². The number of aromatic amines is 1. The lowest BCUT2D eigenvalue weighted by molar-refractivity contribution is -0.133. The molecule has 0 aliphatic heterocycles. The van der Waals surface area contributed by atoms with Crippen molar-refractivity contribution >= 4 is 22.4 Å². The van der Waals surface area contributed by atoms with E-state index >= 15 is 0 Å². The van der Waals surface area contributed by atoms with Crippen molar-refractivity contribution in [3.05, 3.63) is 22.4 Å². The molecule has 1 aromatic heterocycles. The topological polar surface area (TPSA) is 68.1 Å². The molecule has 4 nitrogen and oxygen atoms in total. The molecule has 0 aliphatic carbocycles. The molecule has 0 bridgehead atoms. The zero-order valence-electron chi connectivity index (χ0n) is 6.29. The second-order valence-electron chi connectivity index (χ2n) is 2.28. The van der Waals surface area contributed by atoms with E-state index in [0.29, 0.717) is 12.9 Å². The molecule has 66 valence electrons. The Morgan fingerprint density at radius 3 is 3.08 bits per heavy atom. The third-order valence-corrected chi connectivity index (χ3v) is 2.15. The Labute approximate surface area is 78.2 Å². The van der Waals surface area contributed by atoms with Gasteiger partial charge in [0.15, 0.2) is 6.23 Å². The van der Waals surface area contributed by atoms with Gasteiger partial charge >= 0.3 is 0 Å². The number of ether oxygens (including phenoxy) is 1. The average Bonchev–Trinajstić information content (AvgIpc) is 2.37. The maximum atomic E-state index is 9.90. The Kier molecular flexibility index (Phi) is 3.31. The number of nitrogens with one attached hydrogen (secondary N) is 1. The molecular weight excluding hydrogens is 224 g/mol. The highest BCUT2D eigenvalue weighted by Gasteiger charge is 2.07. The fourth-order valence-corrected chi connectivity index (χ4v) is 1.27. The number of carbonyl (C=O) groups is 1. The van der Waals surface area contributed by atoms with E-state index in [1.807, 2.05) is 6.07 Å². The molecule has 12 heavy (non-hydrogen) atoms. The molecular formula is C7H9BrN2O2. The van der Waals surface area contributed by atoms with Gasteiger partial charge in [-0.1, -0.05) is 0 Å². The third-order valence-electron chi connectivity index (χ3n) is 1.41. The third kappa shape index (κ3) is 2.35. The molecule has 0 saturated heterocycles. The molecule has 0 spiro atoms. The summed E-state index contributed by atoms with van der Waals surface area (Å²) in [5.41, 5.74) is 6.37. The van der Waals surface area contributed by atoms with E-state index in [2.05, 4.69) is 25.7 Å². The first kappa shape index (κ1) is 9.28. The number of H-pyrrole nitrogens is 1. The highest BCUT2D eigenvalue weighted by molar-refractivity contribution is 9.10. The number of halogens is 1. The summed E-state index contributed by atoms with van der Waals surface area (Å²) < 4.78 is 5.46. The van der Waals surface area contributed by atoms with Gasteiger partial charge in [0.05, 0.1) is 0 Å². The molecule has 0 aliphatic rings. The first-order chi connectivity index (χ1) is 5.74. The molecule has 0 radical (unpaired) electrons. The van der Waals surface area contributed by atoms with Crippen LogP contribution >= 0.6 is 15.9 Å². The Bertz CT molecular complexity index is 262. The van der Waals surface area contributed by atoms with Crippen LogP contribution in [0.2, 0.25) is 0 Å². The van der Waals surface area contributed by atoms with Crippen LogP contribution in [0.1, 0.15) is 5.69 Å². The van der Waals surface area contributed by atoms with Crippen LogP contribution in [-0.4, -0.2) is 17.7 Å². The predicted octanol–water partition coefficient (Wildman–Crippen LogP) is 0.777. The van der Waals surface area contributed by atoms with Crippen LogP contribution in [-0.2, 0) is 16.0 Å². The number of hydrogen-bond donors (Lipinski definition) is 2. The maximum absolute atomic E-state index is 9.90. The zero-order valence-corrected chi connectivity index (χ0v) is 7.87. The summed E-state index contributed by atoms with van der Waals surface area (Å²) in [7, 11) is 0. The summed E-state index contributed by atoms with van der Waals surface area (Å²) in [5, 5.41) is 0. The maximum Gasteiger partial charge on any atom is 0.294 e. The Hall–Kier alpha value is -0.810. The largest absolute Gasteiger partial charge is 0.449 e. The lowest BCUT2D eigenvalue weighted by Crippen LogP contribution is -2.26. The number of hydrogen-bond acceptors (Lipinski definition) is 3. The van der Waals surface area contributed by atoms with Crippen LogP contribution < -0.4 is 5.73 Å². The second kappa shape index (κ2) is 4.27. The van der Waals surface area contributed by atoms with Crippen molar-refractivity contribution in [3.8, 4) is 0 Å².